The van der Waals surface area contributed by atoms with Crippen molar-refractivity contribution < 1.29 is 17.9 Å². The van der Waals surface area contributed by atoms with Crippen molar-refractivity contribution in [1.29, 1.82) is 0 Å². The van der Waals surface area contributed by atoms with Gasteiger partial charge in [-0.25, -0.2) is 8.42 Å². The predicted octanol–water partition coefficient (Wildman–Crippen LogP) is 2.34. The second-order valence-electron chi connectivity index (χ2n) is 6.88. The number of ether oxygens (including phenoxy) is 1. The van der Waals surface area contributed by atoms with Crippen molar-refractivity contribution in [3.8, 4) is 5.75 Å². The number of rotatable bonds is 5. The number of benzene rings is 2. The molecule has 1 saturated heterocycles. The van der Waals surface area contributed by atoms with E-state index in [2.05, 4.69) is 9.62 Å². The summed E-state index contributed by atoms with van der Waals surface area (Å²) in [5.74, 6) is 0.783. The molecule has 0 aromatic heterocycles. The van der Waals surface area contributed by atoms with Crippen molar-refractivity contribution in [3.63, 3.8) is 0 Å². The number of carbonyl (C=O) groups excluding carboxylic acids is 1. The average molecular weight is 404 g/mol. The number of amides is 1. The molecule has 150 valence electrons. The molecule has 0 unspecified atom stereocenters. The molecule has 0 aliphatic carbocycles. The molecule has 1 aliphatic heterocycles. The van der Waals surface area contributed by atoms with E-state index in [1.165, 1.54) is 0 Å². The molecule has 3 rings (SSSR count). The molecule has 1 amide bonds. The Morgan fingerprint density at radius 1 is 1.04 bits per heavy atom. The summed E-state index contributed by atoms with van der Waals surface area (Å²) in [4.78, 5) is 16.9. The van der Waals surface area contributed by atoms with E-state index in [0.29, 0.717) is 29.9 Å². The highest BCUT2D eigenvalue weighted by Crippen LogP contribution is 2.22. The summed E-state index contributed by atoms with van der Waals surface area (Å²) in [5.41, 5.74) is 2.88. The van der Waals surface area contributed by atoms with E-state index in [1.807, 2.05) is 29.2 Å². The van der Waals surface area contributed by atoms with Gasteiger partial charge in [0.25, 0.3) is 5.91 Å². The third-order valence-electron chi connectivity index (χ3n) is 4.77. The van der Waals surface area contributed by atoms with Crippen LogP contribution in [-0.4, -0.2) is 58.8 Å². The average Bonchev–Trinajstić information content (AvgIpc) is 2.68. The van der Waals surface area contributed by atoms with Gasteiger partial charge in [-0.1, -0.05) is 0 Å². The van der Waals surface area contributed by atoms with E-state index in [4.69, 9.17) is 4.74 Å². The van der Waals surface area contributed by atoms with Crippen LogP contribution in [0.25, 0.3) is 0 Å². The zero-order chi connectivity index (χ0) is 20.3. The van der Waals surface area contributed by atoms with Gasteiger partial charge in [0.05, 0.1) is 19.1 Å². The largest absolute Gasteiger partial charge is 0.497 e. The standard InChI is InChI=1S/C20H25N3O4S/c1-15-14-16(4-9-19(15)21-28(3,25)26)20(24)23-12-10-22(11-13-23)17-5-7-18(27-2)8-6-17/h4-9,14,21H,10-13H2,1-3H3. The summed E-state index contributed by atoms with van der Waals surface area (Å²) in [6.07, 6.45) is 1.10. The molecule has 1 N–H and O–H groups in total. The predicted molar refractivity (Wildman–Crippen MR) is 111 cm³/mol. The minimum atomic E-state index is -3.35. The van der Waals surface area contributed by atoms with Gasteiger partial charge in [0.2, 0.25) is 10.0 Å². The number of carbonyl (C=O) groups is 1. The minimum absolute atomic E-state index is 0.0385. The lowest BCUT2D eigenvalue weighted by molar-refractivity contribution is 0.0746. The maximum absolute atomic E-state index is 12.8. The van der Waals surface area contributed by atoms with E-state index >= 15 is 0 Å². The smallest absolute Gasteiger partial charge is 0.253 e. The lowest BCUT2D eigenvalue weighted by Crippen LogP contribution is -2.48. The van der Waals surface area contributed by atoms with Crippen LogP contribution in [0.15, 0.2) is 42.5 Å². The van der Waals surface area contributed by atoms with E-state index in [9.17, 15) is 13.2 Å². The number of aryl methyl sites for hydroxylation is 1. The molecule has 1 heterocycles. The third-order valence-corrected chi connectivity index (χ3v) is 5.36. The Kier molecular flexibility index (Phi) is 5.79. The first-order chi connectivity index (χ1) is 13.3. The number of hydrogen-bond acceptors (Lipinski definition) is 5. The molecule has 0 radical (unpaired) electrons. The van der Waals surface area contributed by atoms with Crippen molar-refractivity contribution in [3.05, 3.63) is 53.6 Å². The second kappa shape index (κ2) is 8.10. The molecule has 1 fully saturated rings. The minimum Gasteiger partial charge on any atom is -0.497 e. The van der Waals surface area contributed by atoms with Crippen LogP contribution in [0.3, 0.4) is 0 Å². The molecule has 2 aromatic carbocycles. The Balaban J connectivity index is 1.64. The van der Waals surface area contributed by atoms with Gasteiger partial charge in [-0.05, 0) is 55.0 Å². The number of anilines is 2. The summed E-state index contributed by atoms with van der Waals surface area (Å²) in [6.45, 7) is 4.56. The molecule has 28 heavy (non-hydrogen) atoms. The number of nitrogens with zero attached hydrogens (tertiary/aromatic N) is 2. The molecule has 1 aliphatic rings. The molecule has 0 saturated carbocycles. The summed E-state index contributed by atoms with van der Waals surface area (Å²) < 4.78 is 30.5. The van der Waals surface area contributed by atoms with Crippen LogP contribution in [0.2, 0.25) is 0 Å². The first-order valence-electron chi connectivity index (χ1n) is 9.03. The Bertz CT molecular complexity index is 950. The SMILES string of the molecule is COc1ccc(N2CCN(C(=O)c3ccc(NS(C)(=O)=O)c(C)c3)CC2)cc1. The van der Waals surface area contributed by atoms with Gasteiger partial charge in [-0.3, -0.25) is 9.52 Å². The Morgan fingerprint density at radius 2 is 1.68 bits per heavy atom. The highest BCUT2D eigenvalue weighted by molar-refractivity contribution is 7.92. The van der Waals surface area contributed by atoms with Crippen molar-refractivity contribution in [2.75, 3.05) is 49.2 Å². The van der Waals surface area contributed by atoms with Crippen LogP contribution in [0, 0.1) is 6.92 Å². The van der Waals surface area contributed by atoms with Crippen LogP contribution in [0.4, 0.5) is 11.4 Å². The van der Waals surface area contributed by atoms with Crippen molar-refractivity contribution in [2.24, 2.45) is 0 Å². The van der Waals surface area contributed by atoms with Gasteiger partial charge in [0.1, 0.15) is 5.75 Å². The quantitative estimate of drug-likeness (QED) is 0.829. The molecule has 0 spiro atoms. The number of sulfonamides is 1. The number of hydrogen-bond donors (Lipinski definition) is 1. The van der Waals surface area contributed by atoms with Crippen LogP contribution in [-0.2, 0) is 10.0 Å². The highest BCUT2D eigenvalue weighted by atomic mass is 32.2. The van der Waals surface area contributed by atoms with Crippen molar-refractivity contribution >= 4 is 27.3 Å². The summed E-state index contributed by atoms with van der Waals surface area (Å²) in [7, 11) is -1.71. The second-order valence-corrected chi connectivity index (χ2v) is 8.63. The summed E-state index contributed by atoms with van der Waals surface area (Å²) in [5, 5.41) is 0. The van der Waals surface area contributed by atoms with Crippen LogP contribution in [0.5, 0.6) is 5.75 Å². The van der Waals surface area contributed by atoms with Gasteiger partial charge < -0.3 is 14.5 Å². The van der Waals surface area contributed by atoms with Gasteiger partial charge in [-0.2, -0.15) is 0 Å². The Hall–Kier alpha value is -2.74. The van der Waals surface area contributed by atoms with Crippen LogP contribution >= 0.6 is 0 Å². The molecule has 2 aromatic rings. The molecule has 0 atom stereocenters. The van der Waals surface area contributed by atoms with Gasteiger partial charge >= 0.3 is 0 Å². The van der Waals surface area contributed by atoms with E-state index in [-0.39, 0.29) is 5.91 Å². The molecular weight excluding hydrogens is 378 g/mol. The molecular formula is C20H25N3O4S. The number of methoxy groups -OCH3 is 1. The topological polar surface area (TPSA) is 79.0 Å². The van der Waals surface area contributed by atoms with Gasteiger partial charge in [0.15, 0.2) is 0 Å². The first-order valence-corrected chi connectivity index (χ1v) is 10.9. The summed E-state index contributed by atoms with van der Waals surface area (Å²) in [6, 6.07) is 12.9. The fourth-order valence-electron chi connectivity index (χ4n) is 3.25. The van der Waals surface area contributed by atoms with Gasteiger partial charge in [0, 0.05) is 37.4 Å². The van der Waals surface area contributed by atoms with Crippen LogP contribution < -0.4 is 14.4 Å². The van der Waals surface area contributed by atoms with E-state index in [0.717, 1.165) is 30.8 Å². The normalized spacial score (nSPS) is 14.7. The lowest BCUT2D eigenvalue weighted by atomic mass is 10.1. The van der Waals surface area contributed by atoms with E-state index < -0.39 is 10.0 Å². The fourth-order valence-corrected chi connectivity index (χ4v) is 3.88. The molecule has 8 heteroatoms. The van der Waals surface area contributed by atoms with E-state index in [1.54, 1.807) is 32.2 Å². The maximum atomic E-state index is 12.8. The Morgan fingerprint density at radius 3 is 2.21 bits per heavy atom. The monoisotopic (exact) mass is 403 g/mol. The fraction of sp³-hybridized carbons (Fsp3) is 0.350. The van der Waals surface area contributed by atoms with Crippen LogP contribution in [0.1, 0.15) is 15.9 Å². The third kappa shape index (κ3) is 4.75. The maximum Gasteiger partial charge on any atom is 0.253 e. The molecule has 0 bridgehead atoms. The summed E-state index contributed by atoms with van der Waals surface area (Å²) >= 11 is 0. The van der Waals surface area contributed by atoms with Crippen molar-refractivity contribution in [2.45, 2.75) is 6.92 Å². The van der Waals surface area contributed by atoms with Crippen molar-refractivity contribution in [1.82, 2.24) is 4.90 Å². The molecule has 7 nitrogen and oxygen atoms in total. The first kappa shape index (κ1) is 20.0. The zero-order valence-corrected chi connectivity index (χ0v) is 17.1. The Labute approximate surface area is 166 Å². The number of nitrogens with one attached hydrogen (secondary N) is 1. The highest BCUT2D eigenvalue weighted by Gasteiger charge is 2.23. The number of piperazine rings is 1. The lowest BCUT2D eigenvalue weighted by Gasteiger charge is -2.36. The van der Waals surface area contributed by atoms with Gasteiger partial charge in [-0.15, -0.1) is 0 Å². The zero-order valence-electron chi connectivity index (χ0n) is 16.3.